The quantitative estimate of drug-likeness (QED) is 0.260. The number of halogens is 1. The van der Waals surface area contributed by atoms with Crippen molar-refractivity contribution in [1.29, 1.82) is 0 Å². The molecule has 10 heteroatoms. The number of thiazole rings is 1. The SMILES string of the molecule is CNCc1cnc(Nc2n[nH]c3c(OCCc4ccccn4)cc(-c4ncccc4Cl)cc23)s1. The first-order valence-corrected chi connectivity index (χ1v) is 11.9. The molecule has 0 fully saturated rings. The number of pyridine rings is 2. The normalized spacial score (nSPS) is 11.1. The third-order valence-electron chi connectivity index (χ3n) is 5.14. The minimum Gasteiger partial charge on any atom is -0.491 e. The predicted molar refractivity (Wildman–Crippen MR) is 136 cm³/mol. The van der Waals surface area contributed by atoms with Crippen molar-refractivity contribution in [1.82, 2.24) is 30.5 Å². The molecule has 0 aliphatic rings. The molecule has 8 nitrogen and oxygen atoms in total. The number of benzene rings is 1. The first kappa shape index (κ1) is 22.3. The number of nitrogens with zero attached hydrogens (tertiary/aromatic N) is 4. The largest absolute Gasteiger partial charge is 0.491 e. The van der Waals surface area contributed by atoms with Gasteiger partial charge in [-0.05, 0) is 43.4 Å². The van der Waals surface area contributed by atoms with E-state index < -0.39 is 0 Å². The van der Waals surface area contributed by atoms with E-state index in [0.29, 0.717) is 35.3 Å². The molecule has 1 aromatic carbocycles. The molecule has 0 amide bonds. The van der Waals surface area contributed by atoms with E-state index in [0.717, 1.165) is 38.7 Å². The van der Waals surface area contributed by atoms with E-state index in [1.165, 1.54) is 0 Å². The van der Waals surface area contributed by atoms with Crippen molar-refractivity contribution in [3.63, 3.8) is 0 Å². The van der Waals surface area contributed by atoms with E-state index in [1.54, 1.807) is 23.7 Å². The maximum Gasteiger partial charge on any atom is 0.188 e. The summed E-state index contributed by atoms with van der Waals surface area (Å²) in [4.78, 5) is 14.4. The molecule has 0 aliphatic carbocycles. The second-order valence-electron chi connectivity index (χ2n) is 7.51. The van der Waals surface area contributed by atoms with Gasteiger partial charge in [0.25, 0.3) is 0 Å². The first-order chi connectivity index (χ1) is 16.7. The summed E-state index contributed by atoms with van der Waals surface area (Å²) in [7, 11) is 1.91. The number of H-pyrrole nitrogens is 1. The van der Waals surface area contributed by atoms with Crippen LogP contribution in [0.15, 0.2) is 61.1 Å². The number of ether oxygens (including phenoxy) is 1. The maximum atomic E-state index is 6.46. The minimum atomic E-state index is 0.465. The lowest BCUT2D eigenvalue weighted by atomic mass is 10.1. The zero-order chi connectivity index (χ0) is 23.3. The Kier molecular flexibility index (Phi) is 6.66. The molecule has 5 rings (SSSR count). The van der Waals surface area contributed by atoms with Crippen LogP contribution in [0.1, 0.15) is 10.6 Å². The Hall–Kier alpha value is -3.53. The molecule has 0 saturated heterocycles. The summed E-state index contributed by atoms with van der Waals surface area (Å²) in [6, 6.07) is 13.4. The van der Waals surface area contributed by atoms with Crippen molar-refractivity contribution in [3.8, 4) is 17.0 Å². The topological polar surface area (TPSA) is 101 Å². The Bertz CT molecular complexity index is 1400. The van der Waals surface area contributed by atoms with E-state index in [1.807, 2.05) is 55.7 Å². The predicted octanol–water partition coefficient (Wildman–Crippen LogP) is 5.21. The van der Waals surface area contributed by atoms with Gasteiger partial charge in [-0.15, -0.1) is 11.3 Å². The van der Waals surface area contributed by atoms with Gasteiger partial charge in [0.15, 0.2) is 10.9 Å². The molecular weight excluding hydrogens is 470 g/mol. The van der Waals surface area contributed by atoms with E-state index in [-0.39, 0.29) is 0 Å². The highest BCUT2D eigenvalue weighted by atomic mass is 35.5. The van der Waals surface area contributed by atoms with Gasteiger partial charge in [0.05, 0.1) is 17.3 Å². The van der Waals surface area contributed by atoms with Gasteiger partial charge < -0.3 is 15.4 Å². The third-order valence-corrected chi connectivity index (χ3v) is 6.36. The average Bonchev–Trinajstić information content (AvgIpc) is 3.47. The van der Waals surface area contributed by atoms with Crippen LogP contribution >= 0.6 is 22.9 Å². The summed E-state index contributed by atoms with van der Waals surface area (Å²) in [6.45, 7) is 1.23. The molecule has 0 aliphatic heterocycles. The molecule has 0 spiro atoms. The lowest BCUT2D eigenvalue weighted by Gasteiger charge is -2.11. The van der Waals surface area contributed by atoms with Crippen LogP contribution < -0.4 is 15.4 Å². The van der Waals surface area contributed by atoms with E-state index in [9.17, 15) is 0 Å². The summed E-state index contributed by atoms with van der Waals surface area (Å²) in [5.74, 6) is 1.32. The Morgan fingerprint density at radius 2 is 2.00 bits per heavy atom. The summed E-state index contributed by atoms with van der Waals surface area (Å²) in [5.41, 5.74) is 3.27. The highest BCUT2D eigenvalue weighted by Gasteiger charge is 2.17. The standard InChI is InChI=1S/C24H22ClN7OS/c1-26-13-17-14-29-24(34-17)30-23-18-11-15(21-19(25)6-4-9-28-21)12-20(22(18)31-32-23)33-10-7-16-5-2-3-8-27-16/h2-6,8-9,11-12,14,26H,7,10,13H2,1H3,(H2,29,30,31,32). The van der Waals surface area contributed by atoms with Crippen LogP contribution in [0.5, 0.6) is 5.75 Å². The highest BCUT2D eigenvalue weighted by Crippen LogP contribution is 2.37. The fourth-order valence-corrected chi connectivity index (χ4v) is 4.62. The van der Waals surface area contributed by atoms with Crippen molar-refractivity contribution in [2.75, 3.05) is 19.0 Å². The van der Waals surface area contributed by atoms with Crippen LogP contribution in [0, 0.1) is 0 Å². The fraction of sp³-hybridized carbons (Fsp3) is 0.167. The van der Waals surface area contributed by atoms with Gasteiger partial charge in [-0.3, -0.25) is 15.1 Å². The number of rotatable bonds is 9. The molecule has 0 atom stereocenters. The number of nitrogens with one attached hydrogen (secondary N) is 3. The van der Waals surface area contributed by atoms with E-state index >= 15 is 0 Å². The van der Waals surface area contributed by atoms with Crippen molar-refractivity contribution in [2.45, 2.75) is 13.0 Å². The van der Waals surface area contributed by atoms with E-state index in [2.05, 4.69) is 35.8 Å². The van der Waals surface area contributed by atoms with Crippen LogP contribution in [0.25, 0.3) is 22.2 Å². The lowest BCUT2D eigenvalue weighted by molar-refractivity contribution is 0.324. The van der Waals surface area contributed by atoms with Crippen molar-refractivity contribution in [2.24, 2.45) is 0 Å². The maximum absolute atomic E-state index is 6.46. The summed E-state index contributed by atoms with van der Waals surface area (Å²) < 4.78 is 6.19. The van der Waals surface area contributed by atoms with Gasteiger partial charge in [-0.1, -0.05) is 17.7 Å². The average molecular weight is 492 g/mol. The molecular formula is C24H22ClN7OS. The molecule has 172 valence electrons. The minimum absolute atomic E-state index is 0.465. The zero-order valence-electron chi connectivity index (χ0n) is 18.4. The van der Waals surface area contributed by atoms with Crippen LogP contribution in [0.3, 0.4) is 0 Å². The molecule has 34 heavy (non-hydrogen) atoms. The monoisotopic (exact) mass is 491 g/mol. The number of hydrogen-bond donors (Lipinski definition) is 3. The molecule has 0 unspecified atom stereocenters. The highest BCUT2D eigenvalue weighted by molar-refractivity contribution is 7.15. The Balaban J connectivity index is 1.49. The number of aromatic nitrogens is 5. The van der Waals surface area contributed by atoms with Crippen molar-refractivity contribution in [3.05, 3.63) is 76.6 Å². The van der Waals surface area contributed by atoms with Crippen molar-refractivity contribution < 1.29 is 4.74 Å². The number of fused-ring (bicyclic) bond motifs is 1. The lowest BCUT2D eigenvalue weighted by Crippen LogP contribution is -2.03. The van der Waals surface area contributed by atoms with Gasteiger partial charge in [0.2, 0.25) is 0 Å². The van der Waals surface area contributed by atoms with Crippen LogP contribution in [0.2, 0.25) is 5.02 Å². The van der Waals surface area contributed by atoms with Gasteiger partial charge in [-0.2, -0.15) is 5.10 Å². The van der Waals surface area contributed by atoms with Crippen LogP contribution in [-0.2, 0) is 13.0 Å². The van der Waals surface area contributed by atoms with Gasteiger partial charge in [0.1, 0.15) is 11.3 Å². The zero-order valence-corrected chi connectivity index (χ0v) is 20.0. The summed E-state index contributed by atoms with van der Waals surface area (Å²) in [6.07, 6.45) is 6.04. The third kappa shape index (κ3) is 4.86. The van der Waals surface area contributed by atoms with Gasteiger partial charge in [0, 0.05) is 53.1 Å². The Morgan fingerprint density at radius 3 is 2.82 bits per heavy atom. The molecule has 4 aromatic heterocycles. The molecule has 5 aromatic rings. The Labute approximate surface area is 205 Å². The molecule has 4 heterocycles. The number of aromatic amines is 1. The van der Waals surface area contributed by atoms with Crippen LogP contribution in [0.4, 0.5) is 10.9 Å². The van der Waals surface area contributed by atoms with E-state index in [4.69, 9.17) is 16.3 Å². The van der Waals surface area contributed by atoms with Crippen molar-refractivity contribution >= 4 is 44.8 Å². The first-order valence-electron chi connectivity index (χ1n) is 10.7. The second-order valence-corrected chi connectivity index (χ2v) is 9.03. The number of hydrogen-bond acceptors (Lipinski definition) is 8. The molecule has 0 radical (unpaired) electrons. The van der Waals surface area contributed by atoms with Gasteiger partial charge in [-0.25, -0.2) is 4.98 Å². The smallest absolute Gasteiger partial charge is 0.188 e. The van der Waals surface area contributed by atoms with Crippen LogP contribution in [-0.4, -0.2) is 38.8 Å². The summed E-state index contributed by atoms with van der Waals surface area (Å²) >= 11 is 8.03. The number of anilines is 2. The molecule has 3 N–H and O–H groups in total. The molecule has 0 saturated carbocycles. The fourth-order valence-electron chi connectivity index (χ4n) is 3.57. The molecule has 0 bridgehead atoms. The summed E-state index contributed by atoms with van der Waals surface area (Å²) in [5, 5.41) is 16.3. The second kappa shape index (κ2) is 10.2. The Morgan fingerprint density at radius 1 is 1.09 bits per heavy atom. The van der Waals surface area contributed by atoms with Gasteiger partial charge >= 0.3 is 0 Å².